The summed E-state index contributed by atoms with van der Waals surface area (Å²) in [6.45, 7) is 12.3. The number of ether oxygens (including phenoxy) is 1. The number of hydrogen-bond donors (Lipinski definition) is 0. The molecule has 0 radical (unpaired) electrons. The Morgan fingerprint density at radius 1 is 0.667 bits per heavy atom. The lowest BCUT2D eigenvalue weighted by atomic mass is 9.84. The first kappa shape index (κ1) is 15.8. The third-order valence-electron chi connectivity index (χ3n) is 3.81. The van der Waals surface area contributed by atoms with E-state index in [1.165, 1.54) is 33.4 Å². The van der Waals surface area contributed by atoms with Crippen molar-refractivity contribution in [2.24, 2.45) is 0 Å². The second-order valence-corrected chi connectivity index (χ2v) is 5.16. The van der Waals surface area contributed by atoms with Crippen LogP contribution in [0, 0.1) is 13.8 Å². The number of rotatable bonds is 0. The summed E-state index contributed by atoms with van der Waals surface area (Å²) in [6.07, 6.45) is 0.610. The highest BCUT2D eigenvalue weighted by molar-refractivity contribution is 5.76. The maximum Gasteiger partial charge on any atom is 0.114 e. The summed E-state index contributed by atoms with van der Waals surface area (Å²) >= 11 is 0. The van der Waals surface area contributed by atoms with Crippen LogP contribution in [0.25, 0.3) is 11.1 Å². The van der Waals surface area contributed by atoms with Gasteiger partial charge < -0.3 is 4.74 Å². The summed E-state index contributed by atoms with van der Waals surface area (Å²) in [7, 11) is 0. The molecule has 1 nitrogen and oxygen atoms in total. The quantitative estimate of drug-likeness (QED) is 0.528. The van der Waals surface area contributed by atoms with Gasteiger partial charge in [0, 0.05) is 0 Å². The predicted molar refractivity (Wildman–Crippen MR) is 90.6 cm³/mol. The third-order valence-corrected chi connectivity index (χ3v) is 3.81. The van der Waals surface area contributed by atoms with Crippen LogP contribution in [-0.4, -0.2) is 0 Å². The summed E-state index contributed by atoms with van der Waals surface area (Å²) < 4.78 is 5.84. The Hall–Kier alpha value is -1.60. The fourth-order valence-corrected chi connectivity index (χ4v) is 2.91. The Labute approximate surface area is 129 Å². The van der Waals surface area contributed by atoms with Gasteiger partial charge in [-0.2, -0.15) is 0 Å². The second-order valence-electron chi connectivity index (χ2n) is 5.16. The van der Waals surface area contributed by atoms with E-state index in [9.17, 15) is 0 Å². The van der Waals surface area contributed by atoms with Gasteiger partial charge in [0.05, 0.1) is 0 Å². The number of fused-ring (bicyclic) bond motifs is 6. The lowest BCUT2D eigenvalue weighted by molar-refractivity contribution is 0.380. The molecule has 4 rings (SSSR count). The molecule has 21 heavy (non-hydrogen) atoms. The molecular weight excluding hydrogens is 256 g/mol. The van der Waals surface area contributed by atoms with Crippen molar-refractivity contribution in [1.82, 2.24) is 0 Å². The summed E-state index contributed by atoms with van der Waals surface area (Å²) in [5.74, 6) is 0. The fourth-order valence-electron chi connectivity index (χ4n) is 2.91. The van der Waals surface area contributed by atoms with Gasteiger partial charge in [0.15, 0.2) is 0 Å². The van der Waals surface area contributed by atoms with Gasteiger partial charge in [-0.05, 0) is 36.1 Å². The van der Waals surface area contributed by atoms with Crippen LogP contribution in [-0.2, 0) is 4.74 Å². The first-order valence-electron chi connectivity index (χ1n) is 8.11. The maximum atomic E-state index is 5.84. The molecule has 0 aromatic heterocycles. The van der Waals surface area contributed by atoms with Crippen molar-refractivity contribution in [2.75, 3.05) is 0 Å². The van der Waals surface area contributed by atoms with Crippen molar-refractivity contribution in [3.05, 3.63) is 58.7 Å². The van der Waals surface area contributed by atoms with E-state index < -0.39 is 0 Å². The van der Waals surface area contributed by atoms with Crippen LogP contribution in [0.1, 0.15) is 62.2 Å². The van der Waals surface area contributed by atoms with E-state index in [1.807, 2.05) is 27.7 Å². The number of hydrogen-bond acceptors (Lipinski definition) is 1. The van der Waals surface area contributed by atoms with Gasteiger partial charge in [0.25, 0.3) is 0 Å². The lowest BCUT2D eigenvalue weighted by Crippen LogP contribution is -2.00. The van der Waals surface area contributed by atoms with Crippen molar-refractivity contribution in [1.29, 1.82) is 0 Å². The minimum absolute atomic E-state index is 0.305. The summed E-state index contributed by atoms with van der Waals surface area (Å²) in [6, 6.07) is 13.4. The van der Waals surface area contributed by atoms with Crippen molar-refractivity contribution in [3.63, 3.8) is 0 Å². The van der Waals surface area contributed by atoms with E-state index in [0.29, 0.717) is 12.2 Å². The van der Waals surface area contributed by atoms with Crippen molar-refractivity contribution in [3.8, 4) is 11.1 Å². The highest BCUT2D eigenvalue weighted by Crippen LogP contribution is 2.59. The molecular formula is C20H26O. The van der Waals surface area contributed by atoms with Gasteiger partial charge in [-0.1, -0.05) is 75.2 Å². The topological polar surface area (TPSA) is 12.5 Å². The van der Waals surface area contributed by atoms with Crippen LogP contribution in [0.15, 0.2) is 36.4 Å². The molecule has 1 heteroatoms. The Bertz CT molecular complexity index is 572. The molecule has 1 saturated heterocycles. The third kappa shape index (κ3) is 2.75. The number of aryl methyl sites for hydroxylation is 2. The Morgan fingerprint density at radius 3 is 1.43 bits per heavy atom. The number of benzene rings is 2. The molecule has 2 aromatic rings. The molecule has 1 fully saturated rings. The Morgan fingerprint density at radius 2 is 1.05 bits per heavy atom. The smallest absolute Gasteiger partial charge is 0.114 e. The highest BCUT2D eigenvalue weighted by atomic mass is 16.6. The van der Waals surface area contributed by atoms with E-state index in [4.69, 9.17) is 4.74 Å². The van der Waals surface area contributed by atoms with Crippen molar-refractivity contribution in [2.45, 2.75) is 53.8 Å². The summed E-state index contributed by atoms with van der Waals surface area (Å²) in [5, 5.41) is 0. The highest BCUT2D eigenvalue weighted by Gasteiger charge is 2.47. The average Bonchev–Trinajstić information content (AvgIpc) is 3.32. The molecule has 2 aromatic carbocycles. The van der Waals surface area contributed by atoms with E-state index in [0.717, 1.165) is 0 Å². The maximum absolute atomic E-state index is 5.84. The van der Waals surface area contributed by atoms with Gasteiger partial charge >= 0.3 is 0 Å². The zero-order valence-electron chi connectivity index (χ0n) is 14.0. The van der Waals surface area contributed by atoms with Crippen LogP contribution >= 0.6 is 0 Å². The van der Waals surface area contributed by atoms with Crippen molar-refractivity contribution < 1.29 is 4.74 Å². The van der Waals surface area contributed by atoms with Gasteiger partial charge in [-0.3, -0.25) is 0 Å². The standard InChI is InChI=1S/C16H14O.2C2H6/c1-9-3-5-11-12-6-4-10(2)8-14(12)16-15(17-16)13(11)7-9;2*1-2/h3-8,15-16H,1-2H3;2*1-2H3. The monoisotopic (exact) mass is 282 g/mol. The van der Waals surface area contributed by atoms with Crippen LogP contribution < -0.4 is 0 Å². The summed E-state index contributed by atoms with van der Waals surface area (Å²) in [4.78, 5) is 0. The first-order valence-corrected chi connectivity index (χ1v) is 8.11. The van der Waals surface area contributed by atoms with Crippen LogP contribution in [0.5, 0.6) is 0 Å². The zero-order valence-corrected chi connectivity index (χ0v) is 14.0. The largest absolute Gasteiger partial charge is 0.359 e. The van der Waals surface area contributed by atoms with Gasteiger partial charge in [-0.25, -0.2) is 0 Å². The van der Waals surface area contributed by atoms with Gasteiger partial charge in [0.2, 0.25) is 0 Å². The normalized spacial score (nSPS) is 19.7. The molecule has 0 saturated carbocycles. The predicted octanol–water partition coefficient (Wildman–Crippen LogP) is 6.15. The van der Waals surface area contributed by atoms with E-state index in [2.05, 4.69) is 50.2 Å². The minimum atomic E-state index is 0.305. The van der Waals surface area contributed by atoms with Gasteiger partial charge in [-0.15, -0.1) is 0 Å². The average molecular weight is 282 g/mol. The molecule has 2 unspecified atom stereocenters. The molecule has 1 aliphatic heterocycles. The van der Waals surface area contributed by atoms with E-state index in [1.54, 1.807) is 0 Å². The summed E-state index contributed by atoms with van der Waals surface area (Å²) in [5.41, 5.74) is 8.06. The van der Waals surface area contributed by atoms with Gasteiger partial charge in [0.1, 0.15) is 12.2 Å². The molecule has 0 N–H and O–H groups in total. The minimum Gasteiger partial charge on any atom is -0.359 e. The SMILES string of the molecule is CC.CC.Cc1ccc2c(c1)C1OC1c1cc(C)ccc1-2. The zero-order chi connectivity index (χ0) is 15.6. The number of epoxide rings is 1. The molecule has 2 atom stereocenters. The second kappa shape index (κ2) is 6.44. The van der Waals surface area contributed by atoms with Crippen LogP contribution in [0.3, 0.4) is 0 Å². The molecule has 2 aliphatic rings. The molecule has 1 heterocycles. The molecule has 0 spiro atoms. The van der Waals surface area contributed by atoms with E-state index >= 15 is 0 Å². The fraction of sp³-hybridized carbons (Fsp3) is 0.400. The molecule has 112 valence electrons. The Kier molecular flexibility index (Phi) is 4.84. The molecule has 1 aliphatic carbocycles. The first-order chi connectivity index (χ1) is 10.2. The van der Waals surface area contributed by atoms with E-state index in [-0.39, 0.29) is 0 Å². The van der Waals surface area contributed by atoms with Crippen molar-refractivity contribution >= 4 is 0 Å². The lowest BCUT2D eigenvalue weighted by Gasteiger charge is -2.17. The molecule has 0 amide bonds. The molecule has 0 bridgehead atoms. The Balaban J connectivity index is 0.000000374. The van der Waals surface area contributed by atoms with Crippen LogP contribution in [0.4, 0.5) is 0 Å². The van der Waals surface area contributed by atoms with Crippen LogP contribution in [0.2, 0.25) is 0 Å².